The minimum atomic E-state index is -4.10. The summed E-state index contributed by atoms with van der Waals surface area (Å²) in [6.45, 7) is -0.224. The van der Waals surface area contributed by atoms with Gasteiger partial charge in [0, 0.05) is 17.9 Å². The molecule has 0 aliphatic heterocycles. The van der Waals surface area contributed by atoms with Gasteiger partial charge in [-0.25, -0.2) is 28.6 Å². The Morgan fingerprint density at radius 3 is 2.79 bits per heavy atom. The van der Waals surface area contributed by atoms with Crippen molar-refractivity contribution in [3.8, 4) is 0 Å². The first-order valence-corrected chi connectivity index (χ1v) is 11.8. The summed E-state index contributed by atoms with van der Waals surface area (Å²) in [5.74, 6) is -1.71. The van der Waals surface area contributed by atoms with E-state index in [2.05, 4.69) is 29.8 Å². The molecule has 2 fully saturated rings. The summed E-state index contributed by atoms with van der Waals surface area (Å²) in [7, 11) is -4.10. The van der Waals surface area contributed by atoms with Gasteiger partial charge in [0.25, 0.3) is 0 Å². The number of rotatable bonds is 7. The summed E-state index contributed by atoms with van der Waals surface area (Å²) in [5, 5.41) is 26.8. The first-order valence-electron chi connectivity index (χ1n) is 10.3. The maximum Gasteiger partial charge on any atom is 0.333 e. The van der Waals surface area contributed by atoms with Crippen molar-refractivity contribution >= 4 is 27.3 Å². The molecule has 0 radical (unpaired) electrons. The molecule has 0 amide bonds. The second-order valence-electron chi connectivity index (χ2n) is 8.43. The van der Waals surface area contributed by atoms with Gasteiger partial charge < -0.3 is 10.4 Å². The average molecular weight is 481 g/mol. The number of nitrogens with zero attached hydrogens (tertiary/aromatic N) is 5. The Morgan fingerprint density at radius 1 is 1.21 bits per heavy atom. The summed E-state index contributed by atoms with van der Waals surface area (Å²) < 4.78 is 55.0. The molecule has 14 heteroatoms. The van der Waals surface area contributed by atoms with Crippen LogP contribution >= 0.6 is 0 Å². The van der Waals surface area contributed by atoms with Gasteiger partial charge in [-0.05, 0) is 37.0 Å². The van der Waals surface area contributed by atoms with Crippen LogP contribution in [-0.4, -0.2) is 57.2 Å². The summed E-state index contributed by atoms with van der Waals surface area (Å²) in [6.07, 6.45) is 2.03. The number of fused-ring (bicyclic) bond motifs is 1. The van der Waals surface area contributed by atoms with Gasteiger partial charge in [0.05, 0.1) is 18.8 Å². The van der Waals surface area contributed by atoms with Crippen LogP contribution in [-0.2, 0) is 14.5 Å². The first-order chi connectivity index (χ1) is 15.7. The second kappa shape index (κ2) is 8.20. The zero-order chi connectivity index (χ0) is 23.3. The van der Waals surface area contributed by atoms with Crippen LogP contribution < -0.4 is 10.5 Å². The lowest BCUT2D eigenvalue weighted by Crippen LogP contribution is -2.24. The van der Waals surface area contributed by atoms with Gasteiger partial charge in [0.1, 0.15) is 6.33 Å². The quantitative estimate of drug-likeness (QED) is 0.447. The third-order valence-corrected chi connectivity index (χ3v) is 6.63. The Hall–Kier alpha value is -2.81. The molecule has 2 heterocycles. The molecule has 0 spiro atoms. The van der Waals surface area contributed by atoms with Crippen LogP contribution in [0.1, 0.15) is 36.8 Å². The Morgan fingerprint density at radius 2 is 2.03 bits per heavy atom. The minimum Gasteiger partial charge on any atom is -0.393 e. The van der Waals surface area contributed by atoms with Crippen LogP contribution in [0.4, 0.5) is 14.6 Å². The molecule has 4 N–H and O–H groups in total. The lowest BCUT2D eigenvalue weighted by Gasteiger charge is -2.12. The van der Waals surface area contributed by atoms with E-state index in [1.807, 2.05) is 0 Å². The fourth-order valence-corrected chi connectivity index (χ4v) is 4.76. The standard InChI is InChI=1S/C19H21F2N7O4S/c20-13-2-1-9(4-14(13)21)12-6-15(12)25-18-17-19(24-8-23-18)28(27-26-17)11-3-10(16(29)5-11)7-32-33(22,30)31/h1-2,4,8,10-12,15-16,29H,3,5-7H2,(H2,22,30,31)(H,23,24,25)/t10?,11?,12-,15+,16?/m0/s1. The number of aliphatic hydroxyl groups excluding tert-OH is 1. The number of aromatic nitrogens is 5. The molecule has 0 bridgehead atoms. The first kappa shape index (κ1) is 22.0. The summed E-state index contributed by atoms with van der Waals surface area (Å²) in [4.78, 5) is 8.53. The highest BCUT2D eigenvalue weighted by molar-refractivity contribution is 7.84. The van der Waals surface area contributed by atoms with Gasteiger partial charge in [-0.2, -0.15) is 8.42 Å². The zero-order valence-electron chi connectivity index (χ0n) is 17.2. The topological polar surface area (TPSA) is 158 Å². The number of hydrogen-bond donors (Lipinski definition) is 3. The van der Waals surface area contributed by atoms with Gasteiger partial charge >= 0.3 is 10.3 Å². The number of halogens is 2. The molecule has 2 saturated carbocycles. The molecule has 2 aliphatic carbocycles. The number of anilines is 1. The van der Waals surface area contributed by atoms with Crippen LogP contribution in [0.5, 0.6) is 0 Å². The highest BCUT2D eigenvalue weighted by Crippen LogP contribution is 2.43. The van der Waals surface area contributed by atoms with E-state index in [0.29, 0.717) is 35.4 Å². The van der Waals surface area contributed by atoms with Crippen molar-refractivity contribution in [2.45, 2.75) is 43.4 Å². The SMILES string of the molecule is NS(=O)(=O)OCC1CC(n2nnc3c(N[C@@H]4C[C@H]4c4ccc(F)c(F)c4)ncnc32)CC1O. The Bertz CT molecular complexity index is 1300. The average Bonchev–Trinajstić information content (AvgIpc) is 3.21. The third kappa shape index (κ3) is 4.51. The van der Waals surface area contributed by atoms with Crippen LogP contribution in [0.3, 0.4) is 0 Å². The molecule has 33 heavy (non-hydrogen) atoms. The van der Waals surface area contributed by atoms with Gasteiger partial charge in [0.2, 0.25) is 0 Å². The largest absolute Gasteiger partial charge is 0.393 e. The highest BCUT2D eigenvalue weighted by Gasteiger charge is 2.40. The molecular formula is C19H21F2N7O4S. The molecule has 5 atom stereocenters. The van der Waals surface area contributed by atoms with E-state index in [1.165, 1.54) is 12.4 Å². The van der Waals surface area contributed by atoms with E-state index >= 15 is 0 Å². The van der Waals surface area contributed by atoms with Crippen molar-refractivity contribution in [2.75, 3.05) is 11.9 Å². The van der Waals surface area contributed by atoms with E-state index in [0.717, 1.165) is 12.5 Å². The smallest absolute Gasteiger partial charge is 0.333 e. The number of nitrogens with two attached hydrogens (primary N) is 1. The van der Waals surface area contributed by atoms with E-state index in [4.69, 9.17) is 5.14 Å². The molecule has 1 aromatic carbocycles. The van der Waals surface area contributed by atoms with Crippen molar-refractivity contribution < 1.29 is 26.5 Å². The predicted molar refractivity (Wildman–Crippen MR) is 111 cm³/mol. The molecule has 2 aromatic heterocycles. The third-order valence-electron chi connectivity index (χ3n) is 6.17. The highest BCUT2D eigenvalue weighted by atomic mass is 32.2. The number of nitrogens with one attached hydrogen (secondary N) is 1. The lowest BCUT2D eigenvalue weighted by atomic mass is 10.1. The number of benzene rings is 1. The molecule has 2 aliphatic rings. The molecular weight excluding hydrogens is 460 g/mol. The lowest BCUT2D eigenvalue weighted by molar-refractivity contribution is 0.100. The Labute approximate surface area is 187 Å². The van der Waals surface area contributed by atoms with Gasteiger partial charge in [-0.3, -0.25) is 4.18 Å². The van der Waals surface area contributed by atoms with Crippen LogP contribution in [0, 0.1) is 17.6 Å². The Balaban J connectivity index is 1.30. The molecule has 5 rings (SSSR count). The van der Waals surface area contributed by atoms with Crippen molar-refractivity contribution in [2.24, 2.45) is 11.1 Å². The second-order valence-corrected chi connectivity index (χ2v) is 9.65. The zero-order valence-corrected chi connectivity index (χ0v) is 18.0. The fraction of sp³-hybridized carbons (Fsp3) is 0.474. The molecule has 0 saturated heterocycles. The van der Waals surface area contributed by atoms with Crippen molar-refractivity contribution in [1.82, 2.24) is 25.0 Å². The van der Waals surface area contributed by atoms with Crippen LogP contribution in [0.15, 0.2) is 24.5 Å². The van der Waals surface area contributed by atoms with Crippen LogP contribution in [0.2, 0.25) is 0 Å². The van der Waals surface area contributed by atoms with E-state index in [1.54, 1.807) is 10.7 Å². The predicted octanol–water partition coefficient (Wildman–Crippen LogP) is 1.000. The van der Waals surface area contributed by atoms with Crippen molar-refractivity contribution in [3.05, 3.63) is 41.7 Å². The minimum absolute atomic E-state index is 0.0183. The van der Waals surface area contributed by atoms with E-state index in [9.17, 15) is 22.3 Å². The Kier molecular flexibility index (Phi) is 5.47. The summed E-state index contributed by atoms with van der Waals surface area (Å²) >= 11 is 0. The summed E-state index contributed by atoms with van der Waals surface area (Å²) in [5.41, 5.74) is 1.60. The number of aliphatic hydroxyl groups is 1. The van der Waals surface area contributed by atoms with E-state index < -0.39 is 34.0 Å². The van der Waals surface area contributed by atoms with E-state index in [-0.39, 0.29) is 24.6 Å². The molecule has 11 nitrogen and oxygen atoms in total. The normalized spacial score (nSPS) is 27.2. The van der Waals surface area contributed by atoms with Crippen LogP contribution in [0.25, 0.3) is 11.2 Å². The molecule has 3 aromatic rings. The summed E-state index contributed by atoms with van der Waals surface area (Å²) in [6, 6.07) is 3.60. The van der Waals surface area contributed by atoms with Gasteiger partial charge in [-0.1, -0.05) is 11.3 Å². The van der Waals surface area contributed by atoms with Gasteiger partial charge in [0.15, 0.2) is 28.6 Å². The van der Waals surface area contributed by atoms with Crippen molar-refractivity contribution in [1.29, 1.82) is 0 Å². The maximum absolute atomic E-state index is 13.5. The number of hydrogen-bond acceptors (Lipinski definition) is 9. The fourth-order valence-electron chi connectivity index (χ4n) is 4.39. The molecule has 3 unspecified atom stereocenters. The maximum atomic E-state index is 13.5. The molecule has 176 valence electrons. The monoisotopic (exact) mass is 481 g/mol. The van der Waals surface area contributed by atoms with Gasteiger partial charge in [-0.15, -0.1) is 5.10 Å². The van der Waals surface area contributed by atoms with Crippen molar-refractivity contribution in [3.63, 3.8) is 0 Å².